The molecule has 0 radical (unpaired) electrons. The highest BCUT2D eigenvalue weighted by Gasteiger charge is 2.30. The summed E-state index contributed by atoms with van der Waals surface area (Å²) in [6.45, 7) is 4.54. The average molecular weight is 382 g/mol. The first-order valence-electron chi connectivity index (χ1n) is 6.64. The van der Waals surface area contributed by atoms with Crippen molar-refractivity contribution in [2.45, 2.75) is 32.1 Å². The molecule has 0 saturated carbocycles. The second-order valence-corrected chi connectivity index (χ2v) is 6.64. The Hall–Kier alpha value is -0.600. The van der Waals surface area contributed by atoms with Crippen LogP contribution in [-0.4, -0.2) is 0 Å². The maximum Gasteiger partial charge on any atom is 0.0198 e. The van der Waals surface area contributed by atoms with Crippen molar-refractivity contribution < 1.29 is 0 Å². The van der Waals surface area contributed by atoms with Crippen LogP contribution in [0.4, 0.5) is 0 Å². The first-order chi connectivity index (χ1) is 9.12. The van der Waals surface area contributed by atoms with Crippen LogP contribution in [0.2, 0.25) is 0 Å². The summed E-state index contributed by atoms with van der Waals surface area (Å²) in [5.74, 6) is 0. The molecule has 2 heteroatoms. The van der Waals surface area contributed by atoms with Gasteiger partial charge in [-0.25, -0.2) is 0 Å². The summed E-state index contributed by atoms with van der Waals surface area (Å²) in [4.78, 5) is 0. The van der Waals surface area contributed by atoms with Crippen LogP contribution in [0, 0.1) is 0 Å². The summed E-state index contributed by atoms with van der Waals surface area (Å²) in [5, 5.41) is 0. The molecule has 100 valence electrons. The van der Waals surface area contributed by atoms with Crippen LogP contribution in [0.1, 0.15) is 37.8 Å². The van der Waals surface area contributed by atoms with Crippen molar-refractivity contribution in [3.63, 3.8) is 0 Å². The molecule has 0 spiro atoms. The van der Waals surface area contributed by atoms with Gasteiger partial charge >= 0.3 is 0 Å². The highest BCUT2D eigenvalue weighted by atomic mass is 79.9. The van der Waals surface area contributed by atoms with Crippen LogP contribution in [0.15, 0.2) is 57.5 Å². The van der Waals surface area contributed by atoms with Gasteiger partial charge in [-0.15, -0.1) is 0 Å². The second kappa shape index (κ2) is 6.23. The number of rotatable bonds is 4. The zero-order valence-corrected chi connectivity index (χ0v) is 14.5. The third kappa shape index (κ3) is 2.95. The topological polar surface area (TPSA) is 0 Å². The molecule has 0 bridgehead atoms. The molecule has 0 aliphatic rings. The molecular formula is C17H18Br2. The predicted octanol–water partition coefficient (Wildman–Crippen LogP) is 6.32. The molecule has 0 aliphatic heterocycles. The van der Waals surface area contributed by atoms with Crippen LogP contribution in [0.3, 0.4) is 0 Å². The van der Waals surface area contributed by atoms with E-state index in [1.807, 2.05) is 0 Å². The van der Waals surface area contributed by atoms with E-state index in [4.69, 9.17) is 0 Å². The minimum absolute atomic E-state index is 0.0908. The summed E-state index contributed by atoms with van der Waals surface area (Å²) in [6, 6.07) is 17.4. The molecule has 0 unspecified atom stereocenters. The molecule has 0 heterocycles. The number of halogens is 2. The van der Waals surface area contributed by atoms with E-state index in [9.17, 15) is 0 Å². The lowest BCUT2D eigenvalue weighted by Gasteiger charge is -2.33. The molecule has 0 saturated heterocycles. The highest BCUT2D eigenvalue weighted by Crippen LogP contribution is 2.40. The van der Waals surface area contributed by atoms with Gasteiger partial charge in [0.15, 0.2) is 0 Å². The fourth-order valence-electron chi connectivity index (χ4n) is 2.81. The zero-order chi connectivity index (χ0) is 13.9. The molecule has 0 aliphatic carbocycles. The van der Waals surface area contributed by atoms with Gasteiger partial charge in [-0.1, -0.05) is 70.0 Å². The number of hydrogen-bond acceptors (Lipinski definition) is 0. The molecule has 0 fully saturated rings. The maximum atomic E-state index is 3.59. The molecule has 0 amide bonds. The van der Waals surface area contributed by atoms with Crippen LogP contribution in [0.5, 0.6) is 0 Å². The first-order valence-corrected chi connectivity index (χ1v) is 8.23. The Morgan fingerprint density at radius 1 is 0.789 bits per heavy atom. The van der Waals surface area contributed by atoms with Crippen LogP contribution >= 0.6 is 31.9 Å². The molecule has 0 nitrogen and oxygen atoms in total. The van der Waals surface area contributed by atoms with E-state index in [-0.39, 0.29) is 5.41 Å². The number of benzene rings is 2. The normalized spacial score (nSPS) is 11.6. The van der Waals surface area contributed by atoms with E-state index in [0.29, 0.717) is 0 Å². The minimum atomic E-state index is 0.0908. The lowest BCUT2D eigenvalue weighted by Crippen LogP contribution is -2.26. The predicted molar refractivity (Wildman–Crippen MR) is 89.6 cm³/mol. The van der Waals surface area contributed by atoms with Gasteiger partial charge in [0, 0.05) is 14.4 Å². The quantitative estimate of drug-likeness (QED) is 0.581. The summed E-state index contributed by atoms with van der Waals surface area (Å²) in [5.41, 5.74) is 2.85. The Morgan fingerprint density at radius 3 is 1.53 bits per heavy atom. The van der Waals surface area contributed by atoms with Gasteiger partial charge < -0.3 is 0 Å². The van der Waals surface area contributed by atoms with Crippen LogP contribution in [0.25, 0.3) is 0 Å². The van der Waals surface area contributed by atoms with Crippen LogP contribution in [-0.2, 0) is 5.41 Å². The van der Waals surface area contributed by atoms with Gasteiger partial charge in [0.1, 0.15) is 0 Å². The Morgan fingerprint density at radius 2 is 1.21 bits per heavy atom. The van der Waals surface area contributed by atoms with Gasteiger partial charge in [-0.2, -0.15) is 0 Å². The van der Waals surface area contributed by atoms with E-state index in [1.165, 1.54) is 11.1 Å². The van der Waals surface area contributed by atoms with Gasteiger partial charge in [0.2, 0.25) is 0 Å². The summed E-state index contributed by atoms with van der Waals surface area (Å²) in [6.07, 6.45) is 2.19. The summed E-state index contributed by atoms with van der Waals surface area (Å²) in [7, 11) is 0. The molecule has 0 aromatic heterocycles. The van der Waals surface area contributed by atoms with E-state index >= 15 is 0 Å². The van der Waals surface area contributed by atoms with Crippen molar-refractivity contribution in [3.8, 4) is 0 Å². The standard InChI is InChI=1S/C17H18Br2/c1-3-17(4-2,13-7-5-9-15(18)11-13)14-8-6-10-16(19)12-14/h5-12H,3-4H2,1-2H3. The molecule has 0 atom stereocenters. The fraction of sp³-hybridized carbons (Fsp3) is 0.294. The van der Waals surface area contributed by atoms with Gasteiger partial charge in [-0.05, 0) is 48.2 Å². The largest absolute Gasteiger partial charge is 0.0642 e. The Kier molecular flexibility index (Phi) is 4.86. The molecule has 2 aromatic rings. The maximum absolute atomic E-state index is 3.59. The third-order valence-corrected chi connectivity index (χ3v) is 4.95. The summed E-state index contributed by atoms with van der Waals surface area (Å²) < 4.78 is 2.29. The monoisotopic (exact) mass is 380 g/mol. The smallest absolute Gasteiger partial charge is 0.0198 e. The number of hydrogen-bond donors (Lipinski definition) is 0. The van der Waals surface area contributed by atoms with E-state index in [2.05, 4.69) is 94.2 Å². The summed E-state index contributed by atoms with van der Waals surface area (Å²) >= 11 is 7.18. The van der Waals surface area contributed by atoms with Gasteiger partial charge in [0.25, 0.3) is 0 Å². The van der Waals surface area contributed by atoms with Crippen LogP contribution < -0.4 is 0 Å². The third-order valence-electron chi connectivity index (χ3n) is 3.96. The average Bonchev–Trinajstić information content (AvgIpc) is 2.41. The first kappa shape index (κ1) is 14.8. The minimum Gasteiger partial charge on any atom is -0.0642 e. The van der Waals surface area contributed by atoms with E-state index < -0.39 is 0 Å². The lowest BCUT2D eigenvalue weighted by molar-refractivity contribution is 0.478. The van der Waals surface area contributed by atoms with Crippen molar-refractivity contribution in [2.75, 3.05) is 0 Å². The SMILES string of the molecule is CCC(CC)(c1cccc(Br)c1)c1cccc(Br)c1. The Labute approximate surface area is 132 Å². The van der Waals surface area contributed by atoms with Crippen molar-refractivity contribution in [1.82, 2.24) is 0 Å². The van der Waals surface area contributed by atoms with Crippen molar-refractivity contribution in [3.05, 3.63) is 68.6 Å². The molecule has 2 aromatic carbocycles. The second-order valence-electron chi connectivity index (χ2n) is 4.81. The molecule has 19 heavy (non-hydrogen) atoms. The van der Waals surface area contributed by atoms with E-state index in [0.717, 1.165) is 21.8 Å². The molecule has 0 N–H and O–H groups in total. The zero-order valence-electron chi connectivity index (χ0n) is 11.3. The van der Waals surface area contributed by atoms with Gasteiger partial charge in [-0.3, -0.25) is 0 Å². The fourth-order valence-corrected chi connectivity index (χ4v) is 3.60. The van der Waals surface area contributed by atoms with Crippen molar-refractivity contribution in [1.29, 1.82) is 0 Å². The molecular weight excluding hydrogens is 364 g/mol. The Balaban J connectivity index is 2.60. The van der Waals surface area contributed by atoms with Crippen molar-refractivity contribution >= 4 is 31.9 Å². The van der Waals surface area contributed by atoms with E-state index in [1.54, 1.807) is 0 Å². The highest BCUT2D eigenvalue weighted by molar-refractivity contribution is 9.10. The van der Waals surface area contributed by atoms with Gasteiger partial charge in [0.05, 0.1) is 0 Å². The van der Waals surface area contributed by atoms with Crippen molar-refractivity contribution in [2.24, 2.45) is 0 Å². The lowest BCUT2D eigenvalue weighted by atomic mass is 9.71. The molecule has 2 rings (SSSR count). The Bertz CT molecular complexity index is 509.